The number of Topliss-reactive ketones (excluding diaryl/α,β-unsaturated/α-hetero) is 1. The van der Waals surface area contributed by atoms with Crippen LogP contribution >= 0.6 is 0 Å². The van der Waals surface area contributed by atoms with Crippen LogP contribution in [0.4, 0.5) is 0 Å². The molecule has 0 saturated heterocycles. The van der Waals surface area contributed by atoms with Crippen LogP contribution in [0.3, 0.4) is 0 Å². The van der Waals surface area contributed by atoms with Gasteiger partial charge in [-0.2, -0.15) is 0 Å². The minimum atomic E-state index is -0.972. The summed E-state index contributed by atoms with van der Waals surface area (Å²) in [5.41, 5.74) is 0.454. The number of rotatable bonds is 4. The minimum absolute atomic E-state index is 0.199. The summed E-state index contributed by atoms with van der Waals surface area (Å²) in [7, 11) is 0. The molecule has 2 unspecified atom stereocenters. The average molecular weight is 278 g/mol. The Hall–Kier alpha value is -2.04. The highest BCUT2D eigenvalue weighted by Crippen LogP contribution is 2.31. The van der Waals surface area contributed by atoms with Crippen molar-refractivity contribution in [2.75, 3.05) is 13.2 Å². The number of carbonyl (C=O) groups is 2. The van der Waals surface area contributed by atoms with Crippen molar-refractivity contribution >= 4 is 11.8 Å². The van der Waals surface area contributed by atoms with Gasteiger partial charge in [-0.05, 0) is 18.2 Å². The summed E-state index contributed by atoms with van der Waals surface area (Å²) in [5, 5.41) is 8.98. The van der Waals surface area contributed by atoms with Gasteiger partial charge in [-0.15, -0.1) is 0 Å². The Morgan fingerprint density at radius 3 is 2.40 bits per heavy atom. The molecule has 20 heavy (non-hydrogen) atoms. The maximum Gasteiger partial charge on any atom is 0.306 e. The van der Waals surface area contributed by atoms with E-state index in [4.69, 9.17) is 14.6 Å². The van der Waals surface area contributed by atoms with Gasteiger partial charge in [0.2, 0.25) is 0 Å². The van der Waals surface area contributed by atoms with Gasteiger partial charge in [0.25, 0.3) is 0 Å². The van der Waals surface area contributed by atoms with Gasteiger partial charge in [-0.3, -0.25) is 9.59 Å². The molecule has 0 aromatic heterocycles. The fourth-order valence-corrected chi connectivity index (χ4v) is 2.02. The SMILES string of the molecule is CC(C(=O)O)C(C)C(=O)c1ccc2c(c1)OCCCO2. The zero-order valence-electron chi connectivity index (χ0n) is 11.6. The van der Waals surface area contributed by atoms with Crippen LogP contribution < -0.4 is 9.47 Å². The number of carbonyl (C=O) groups excluding carboxylic acids is 1. The zero-order valence-corrected chi connectivity index (χ0v) is 11.6. The van der Waals surface area contributed by atoms with Crippen molar-refractivity contribution in [2.24, 2.45) is 11.8 Å². The van der Waals surface area contributed by atoms with Gasteiger partial charge in [0.1, 0.15) is 0 Å². The van der Waals surface area contributed by atoms with E-state index in [1.54, 1.807) is 25.1 Å². The molecule has 1 heterocycles. The van der Waals surface area contributed by atoms with E-state index in [0.29, 0.717) is 30.3 Å². The lowest BCUT2D eigenvalue weighted by Gasteiger charge is -2.15. The minimum Gasteiger partial charge on any atom is -0.490 e. The molecule has 0 spiro atoms. The average Bonchev–Trinajstić information content (AvgIpc) is 2.69. The van der Waals surface area contributed by atoms with Crippen molar-refractivity contribution in [3.63, 3.8) is 0 Å². The largest absolute Gasteiger partial charge is 0.490 e. The Kier molecular flexibility index (Phi) is 4.27. The highest BCUT2D eigenvalue weighted by atomic mass is 16.5. The number of hydrogen-bond acceptors (Lipinski definition) is 4. The Morgan fingerprint density at radius 1 is 1.10 bits per heavy atom. The second-order valence-electron chi connectivity index (χ2n) is 4.99. The second kappa shape index (κ2) is 5.94. The van der Waals surface area contributed by atoms with E-state index in [9.17, 15) is 9.59 Å². The highest BCUT2D eigenvalue weighted by molar-refractivity contribution is 6.00. The monoisotopic (exact) mass is 278 g/mol. The molecule has 1 aromatic carbocycles. The van der Waals surface area contributed by atoms with Gasteiger partial charge >= 0.3 is 5.97 Å². The number of benzene rings is 1. The molecule has 0 bridgehead atoms. The first-order valence-electron chi connectivity index (χ1n) is 6.67. The van der Waals surface area contributed by atoms with Crippen molar-refractivity contribution in [2.45, 2.75) is 20.3 Å². The molecule has 108 valence electrons. The van der Waals surface area contributed by atoms with Crippen LogP contribution in [0.1, 0.15) is 30.6 Å². The summed E-state index contributed by atoms with van der Waals surface area (Å²) in [6, 6.07) is 4.99. The van der Waals surface area contributed by atoms with E-state index in [1.165, 1.54) is 6.92 Å². The zero-order chi connectivity index (χ0) is 14.7. The van der Waals surface area contributed by atoms with E-state index in [1.807, 2.05) is 0 Å². The molecule has 1 aromatic rings. The quantitative estimate of drug-likeness (QED) is 0.856. The summed E-state index contributed by atoms with van der Waals surface area (Å²) >= 11 is 0. The fourth-order valence-electron chi connectivity index (χ4n) is 2.02. The predicted molar refractivity (Wildman–Crippen MR) is 72.3 cm³/mol. The molecule has 5 heteroatoms. The van der Waals surface area contributed by atoms with Crippen molar-refractivity contribution in [3.8, 4) is 11.5 Å². The summed E-state index contributed by atoms with van der Waals surface area (Å²) < 4.78 is 11.0. The third-order valence-corrected chi connectivity index (χ3v) is 3.59. The summed E-state index contributed by atoms with van der Waals surface area (Å²) in [4.78, 5) is 23.3. The first-order chi connectivity index (χ1) is 9.50. The molecule has 2 rings (SSSR count). The highest BCUT2D eigenvalue weighted by Gasteiger charge is 2.27. The van der Waals surface area contributed by atoms with Crippen molar-refractivity contribution < 1.29 is 24.2 Å². The van der Waals surface area contributed by atoms with Gasteiger partial charge in [0, 0.05) is 17.9 Å². The molecular weight excluding hydrogens is 260 g/mol. The lowest BCUT2D eigenvalue weighted by molar-refractivity contribution is -0.142. The molecular formula is C15H18O5. The maximum absolute atomic E-state index is 12.3. The summed E-state index contributed by atoms with van der Waals surface area (Å²) in [6.45, 7) is 4.30. The van der Waals surface area contributed by atoms with Gasteiger partial charge in [0.05, 0.1) is 19.1 Å². The lowest BCUT2D eigenvalue weighted by atomic mass is 9.88. The standard InChI is InChI=1S/C15H18O5/c1-9(10(2)15(17)18)14(16)11-4-5-12-13(8-11)20-7-3-6-19-12/h4-5,8-10H,3,6-7H2,1-2H3,(H,17,18). The molecule has 2 atom stereocenters. The van der Waals surface area contributed by atoms with E-state index in [2.05, 4.69) is 0 Å². The number of fused-ring (bicyclic) bond motifs is 1. The predicted octanol–water partition coefficient (Wildman–Crippen LogP) is 2.39. The number of carboxylic acid groups (broad SMARTS) is 1. The van der Waals surface area contributed by atoms with Crippen molar-refractivity contribution in [1.82, 2.24) is 0 Å². The molecule has 1 aliphatic rings. The van der Waals surface area contributed by atoms with Gasteiger partial charge in [-0.25, -0.2) is 0 Å². The van der Waals surface area contributed by atoms with E-state index < -0.39 is 17.8 Å². The van der Waals surface area contributed by atoms with Gasteiger partial charge in [0.15, 0.2) is 17.3 Å². The molecule has 0 saturated carbocycles. The van der Waals surface area contributed by atoms with E-state index >= 15 is 0 Å². The molecule has 0 aliphatic carbocycles. The fraction of sp³-hybridized carbons (Fsp3) is 0.467. The van der Waals surface area contributed by atoms with Crippen molar-refractivity contribution in [3.05, 3.63) is 23.8 Å². The molecule has 1 N–H and O–H groups in total. The molecule has 1 aliphatic heterocycles. The first-order valence-corrected chi connectivity index (χ1v) is 6.67. The number of hydrogen-bond donors (Lipinski definition) is 1. The molecule has 0 amide bonds. The van der Waals surface area contributed by atoms with Gasteiger partial charge in [-0.1, -0.05) is 13.8 Å². The Morgan fingerprint density at radius 2 is 1.75 bits per heavy atom. The van der Waals surface area contributed by atoms with Crippen LogP contribution in [0.2, 0.25) is 0 Å². The molecule has 0 radical (unpaired) electrons. The Labute approximate surface area is 117 Å². The van der Waals surface area contributed by atoms with E-state index in [0.717, 1.165) is 6.42 Å². The maximum atomic E-state index is 12.3. The summed E-state index contributed by atoms with van der Waals surface area (Å²) in [6.07, 6.45) is 0.796. The second-order valence-corrected chi connectivity index (χ2v) is 4.99. The smallest absolute Gasteiger partial charge is 0.306 e. The Bertz CT molecular complexity index is 523. The number of aliphatic carboxylic acids is 1. The van der Waals surface area contributed by atoms with Crippen LogP contribution in [0.25, 0.3) is 0 Å². The number of ether oxygens (including phenoxy) is 2. The van der Waals surface area contributed by atoms with Crippen LogP contribution in [0, 0.1) is 11.8 Å². The molecule has 0 fully saturated rings. The van der Waals surface area contributed by atoms with Crippen LogP contribution in [0.15, 0.2) is 18.2 Å². The first kappa shape index (κ1) is 14.4. The Balaban J connectivity index is 2.22. The van der Waals surface area contributed by atoms with Crippen LogP contribution in [0.5, 0.6) is 11.5 Å². The third-order valence-electron chi connectivity index (χ3n) is 3.59. The van der Waals surface area contributed by atoms with Crippen LogP contribution in [-0.2, 0) is 4.79 Å². The lowest BCUT2D eigenvalue weighted by Crippen LogP contribution is -2.25. The topological polar surface area (TPSA) is 72.8 Å². The van der Waals surface area contributed by atoms with E-state index in [-0.39, 0.29) is 5.78 Å². The summed E-state index contributed by atoms with van der Waals surface area (Å²) in [5.74, 6) is -1.31. The third kappa shape index (κ3) is 2.92. The van der Waals surface area contributed by atoms with Crippen molar-refractivity contribution in [1.29, 1.82) is 0 Å². The number of carboxylic acids is 1. The normalized spacial score (nSPS) is 16.9. The number of ketones is 1. The van der Waals surface area contributed by atoms with Gasteiger partial charge < -0.3 is 14.6 Å². The van der Waals surface area contributed by atoms with Crippen LogP contribution in [-0.4, -0.2) is 30.1 Å². The molecule has 5 nitrogen and oxygen atoms in total.